The molecule has 0 atom stereocenters. The van der Waals surface area contributed by atoms with E-state index < -0.39 is 15.3 Å². The third kappa shape index (κ3) is 4.18. The largest absolute Gasteiger partial charge is 0.309 e. The third-order valence-electron chi connectivity index (χ3n) is 7.94. The summed E-state index contributed by atoms with van der Waals surface area (Å²) in [6.45, 7) is 0. The Morgan fingerprint density at radius 2 is 1.16 bits per heavy atom. The minimum absolute atomic E-state index is 0.112. The number of fused-ring (bicyclic) bond motifs is 2. The molecule has 4 aromatic carbocycles. The zero-order chi connectivity index (χ0) is 30.3. The molecule has 3 heterocycles. The van der Waals surface area contributed by atoms with Crippen LogP contribution in [0.25, 0.3) is 11.3 Å². The van der Waals surface area contributed by atoms with E-state index in [1.807, 2.05) is 102 Å². The number of nitro benzene ring substituents is 2. The molecule has 0 unspecified atom stereocenters. The highest BCUT2D eigenvalue weighted by molar-refractivity contribution is 5.90. The summed E-state index contributed by atoms with van der Waals surface area (Å²) in [7, 11) is 0. The minimum atomic E-state index is -1.19. The van der Waals surface area contributed by atoms with E-state index in [0.717, 1.165) is 11.3 Å². The van der Waals surface area contributed by atoms with Gasteiger partial charge in [-0.1, -0.05) is 60.7 Å². The van der Waals surface area contributed by atoms with Crippen molar-refractivity contribution in [2.24, 2.45) is 0 Å². The number of rotatable bonds is 6. The van der Waals surface area contributed by atoms with Gasteiger partial charge in [0.2, 0.25) is 0 Å². The topological polar surface area (TPSA) is 115 Å². The molecule has 0 bridgehead atoms. The number of non-ortho nitro benzene ring substituents is 2. The van der Waals surface area contributed by atoms with Crippen LogP contribution >= 0.6 is 0 Å². The quantitative estimate of drug-likeness (QED) is 0.145. The molecule has 0 saturated heterocycles. The normalized spacial score (nSPS) is 13.0. The van der Waals surface area contributed by atoms with E-state index in [2.05, 4.69) is 0 Å². The Labute approximate surface area is 252 Å². The van der Waals surface area contributed by atoms with Gasteiger partial charge in [0.1, 0.15) is 5.41 Å². The maximum atomic E-state index is 12.1. The highest BCUT2D eigenvalue weighted by Crippen LogP contribution is 2.58. The molecule has 1 aliphatic rings. The van der Waals surface area contributed by atoms with Crippen molar-refractivity contribution >= 4 is 28.4 Å². The predicted octanol–water partition coefficient (Wildman–Crippen LogP) is 8.13. The lowest BCUT2D eigenvalue weighted by Crippen LogP contribution is -2.39. The molecule has 2 aromatic heterocycles. The summed E-state index contributed by atoms with van der Waals surface area (Å²) in [5.74, 6) is 0. The fourth-order valence-electron chi connectivity index (χ4n) is 6.08. The Balaban J connectivity index is 1.65. The van der Waals surface area contributed by atoms with Gasteiger partial charge in [0, 0.05) is 41.7 Å². The van der Waals surface area contributed by atoms with Gasteiger partial charge in [-0.05, 0) is 59.7 Å². The Bertz CT molecular complexity index is 1970. The van der Waals surface area contributed by atoms with E-state index in [9.17, 15) is 20.2 Å². The first kappa shape index (κ1) is 26.7. The summed E-state index contributed by atoms with van der Waals surface area (Å²) in [6, 6.07) is 40.0. The van der Waals surface area contributed by atoms with Crippen LogP contribution in [0.2, 0.25) is 0 Å². The van der Waals surface area contributed by atoms with Gasteiger partial charge in [-0.15, -0.1) is 0 Å². The van der Waals surface area contributed by atoms with Crippen LogP contribution in [0.5, 0.6) is 0 Å². The molecule has 6 aromatic rings. The number of anilines is 3. The molecule has 0 amide bonds. The van der Waals surface area contributed by atoms with Crippen LogP contribution in [0.4, 0.5) is 28.4 Å². The Morgan fingerprint density at radius 3 is 1.73 bits per heavy atom. The molecule has 9 heteroatoms. The molecule has 9 nitrogen and oxygen atoms in total. The highest BCUT2D eigenvalue weighted by Gasteiger charge is 2.49. The number of pyridine rings is 2. The number of hydrogen-bond acceptors (Lipinski definition) is 7. The van der Waals surface area contributed by atoms with Gasteiger partial charge in [-0.2, -0.15) is 0 Å². The number of benzene rings is 4. The van der Waals surface area contributed by atoms with Crippen molar-refractivity contribution in [2.75, 3.05) is 4.90 Å². The molecule has 1 aliphatic heterocycles. The molecule has 0 radical (unpaired) electrons. The van der Waals surface area contributed by atoms with Crippen LogP contribution in [0.15, 0.2) is 140 Å². The molecule has 0 saturated carbocycles. The molecule has 0 aliphatic carbocycles. The lowest BCUT2D eigenvalue weighted by atomic mass is 9.65. The summed E-state index contributed by atoms with van der Waals surface area (Å²) < 4.78 is 0. The van der Waals surface area contributed by atoms with E-state index >= 15 is 0 Å². The maximum Gasteiger partial charge on any atom is 0.271 e. The summed E-state index contributed by atoms with van der Waals surface area (Å²) in [5.41, 5.74) is 4.56. The molecule has 0 N–H and O–H groups in total. The number of nitro groups is 2. The first-order valence-corrected chi connectivity index (χ1v) is 13.9. The average molecular weight is 578 g/mol. The molecule has 212 valence electrons. The van der Waals surface area contributed by atoms with Crippen LogP contribution in [-0.2, 0) is 5.41 Å². The summed E-state index contributed by atoms with van der Waals surface area (Å²) in [6.07, 6.45) is 1.69. The first-order valence-electron chi connectivity index (χ1n) is 13.9. The number of nitrogens with zero attached hydrogens (tertiary/aromatic N) is 5. The van der Waals surface area contributed by atoms with Crippen molar-refractivity contribution in [2.45, 2.75) is 5.41 Å². The van der Waals surface area contributed by atoms with Crippen LogP contribution in [0, 0.1) is 20.2 Å². The van der Waals surface area contributed by atoms with Crippen LogP contribution in [0.3, 0.4) is 0 Å². The maximum absolute atomic E-state index is 12.1. The number of aromatic nitrogens is 2. The van der Waals surface area contributed by atoms with Gasteiger partial charge in [0.05, 0.1) is 38.3 Å². The summed E-state index contributed by atoms with van der Waals surface area (Å²) in [5, 5.41) is 24.2. The molecule has 7 rings (SSSR count). The Kier molecular flexibility index (Phi) is 6.40. The predicted molar refractivity (Wildman–Crippen MR) is 167 cm³/mol. The van der Waals surface area contributed by atoms with E-state index in [0.29, 0.717) is 39.6 Å². The second-order valence-electron chi connectivity index (χ2n) is 10.3. The van der Waals surface area contributed by atoms with Gasteiger partial charge in [0.15, 0.2) is 0 Å². The van der Waals surface area contributed by atoms with Gasteiger partial charge in [-0.3, -0.25) is 30.2 Å². The lowest BCUT2D eigenvalue weighted by molar-refractivity contribution is -0.384. The van der Waals surface area contributed by atoms with Crippen molar-refractivity contribution < 1.29 is 9.85 Å². The monoisotopic (exact) mass is 577 g/mol. The van der Waals surface area contributed by atoms with E-state index in [1.54, 1.807) is 18.3 Å². The SMILES string of the molecule is O=[N+]([O-])c1ccc2c(c1)N(c1ccccc1)c1cc([N+](=O)[O-])ccc1C2(c1ccccn1)c1cccc(-c2ccccc2)n1. The average Bonchev–Trinajstić information content (AvgIpc) is 3.08. The zero-order valence-corrected chi connectivity index (χ0v) is 23.1. The molecule has 0 spiro atoms. The molecular formula is C35H23N5O4. The van der Waals surface area contributed by atoms with Gasteiger partial charge in [-0.25, -0.2) is 0 Å². The summed E-state index contributed by atoms with van der Waals surface area (Å²) >= 11 is 0. The minimum Gasteiger partial charge on any atom is -0.309 e. The smallest absolute Gasteiger partial charge is 0.271 e. The van der Waals surface area contributed by atoms with Crippen molar-refractivity contribution in [3.05, 3.63) is 182 Å². The fraction of sp³-hybridized carbons (Fsp3) is 0.0286. The van der Waals surface area contributed by atoms with Gasteiger partial charge < -0.3 is 4.90 Å². The third-order valence-corrected chi connectivity index (χ3v) is 7.94. The molecule has 0 fully saturated rings. The Morgan fingerprint density at radius 1 is 0.591 bits per heavy atom. The Hall–Kier alpha value is -6.22. The lowest BCUT2D eigenvalue weighted by Gasteiger charge is -2.44. The standard InChI is InChI=1S/C35H23N5O4/c41-39(42)26-17-19-28-31(22-26)38(25-12-5-2-6-13-25)32-23-27(40(43)44)18-20-29(32)35(28,33-15-7-8-21-36-33)34-16-9-14-30(37-34)24-10-3-1-4-11-24/h1-23H. The number of para-hydroxylation sites is 1. The summed E-state index contributed by atoms with van der Waals surface area (Å²) in [4.78, 5) is 35.2. The highest BCUT2D eigenvalue weighted by atomic mass is 16.6. The number of hydrogen-bond donors (Lipinski definition) is 0. The van der Waals surface area contributed by atoms with Crippen LogP contribution in [0.1, 0.15) is 22.5 Å². The zero-order valence-electron chi connectivity index (χ0n) is 23.1. The molecule has 44 heavy (non-hydrogen) atoms. The van der Waals surface area contributed by atoms with Gasteiger partial charge >= 0.3 is 0 Å². The van der Waals surface area contributed by atoms with Crippen molar-refractivity contribution in [1.82, 2.24) is 9.97 Å². The fourth-order valence-corrected chi connectivity index (χ4v) is 6.08. The van der Waals surface area contributed by atoms with Crippen LogP contribution < -0.4 is 4.90 Å². The van der Waals surface area contributed by atoms with E-state index in [1.165, 1.54) is 24.3 Å². The molecular weight excluding hydrogens is 554 g/mol. The van der Waals surface area contributed by atoms with Crippen molar-refractivity contribution in [3.8, 4) is 11.3 Å². The van der Waals surface area contributed by atoms with E-state index in [4.69, 9.17) is 9.97 Å². The van der Waals surface area contributed by atoms with Crippen molar-refractivity contribution in [1.29, 1.82) is 0 Å². The van der Waals surface area contributed by atoms with Crippen LogP contribution in [-0.4, -0.2) is 19.8 Å². The van der Waals surface area contributed by atoms with Gasteiger partial charge in [0.25, 0.3) is 11.4 Å². The second-order valence-corrected chi connectivity index (χ2v) is 10.3. The van der Waals surface area contributed by atoms with Crippen molar-refractivity contribution in [3.63, 3.8) is 0 Å². The first-order chi connectivity index (χ1) is 21.5. The van der Waals surface area contributed by atoms with E-state index in [-0.39, 0.29) is 11.4 Å². The second kappa shape index (κ2) is 10.6.